The lowest BCUT2D eigenvalue weighted by atomic mass is 9.97. The van der Waals surface area contributed by atoms with Gasteiger partial charge in [0.25, 0.3) is 5.03 Å². The molecule has 0 radical (unpaired) electrons. The summed E-state index contributed by atoms with van der Waals surface area (Å²) in [7, 11) is 0. The topological polar surface area (TPSA) is 144 Å². The quantitative estimate of drug-likeness (QED) is 0.0348. The number of hydrogen-bond acceptors (Lipinski definition) is 8. The number of unbranched alkanes of at least 4 members (excludes halogenated alkanes) is 1. The molecule has 47 heavy (non-hydrogen) atoms. The number of hydrogen-bond donors (Lipinski definition) is 4. The van der Waals surface area contributed by atoms with Gasteiger partial charge in [0.1, 0.15) is 0 Å². The van der Waals surface area contributed by atoms with E-state index in [2.05, 4.69) is 5.32 Å². The zero-order chi connectivity index (χ0) is 33.0. The van der Waals surface area contributed by atoms with Crippen molar-refractivity contribution in [3.05, 3.63) is 125 Å². The molecule has 4 N–H and O–H groups in total. The lowest BCUT2D eigenvalue weighted by Crippen LogP contribution is -2.32. The van der Waals surface area contributed by atoms with E-state index in [4.69, 9.17) is 14.7 Å². The van der Waals surface area contributed by atoms with Crippen LogP contribution in [-0.4, -0.2) is 34.0 Å². The normalized spacial score (nSPS) is 17.6. The average Bonchev–Trinajstić information content (AvgIpc) is 3.12. The van der Waals surface area contributed by atoms with Crippen molar-refractivity contribution in [2.24, 2.45) is 0 Å². The highest BCUT2D eigenvalue weighted by atomic mass is 32.2. The van der Waals surface area contributed by atoms with E-state index in [0.717, 1.165) is 38.1 Å². The number of carbonyl (C=O) groups is 2. The number of thioether (sulfide) groups is 1. The summed E-state index contributed by atoms with van der Waals surface area (Å²) in [5.74, 6) is 0.0176. The van der Waals surface area contributed by atoms with Crippen molar-refractivity contribution in [1.29, 1.82) is 0 Å². The number of benzene rings is 3. The van der Waals surface area contributed by atoms with Crippen molar-refractivity contribution in [2.75, 3.05) is 5.75 Å². The van der Waals surface area contributed by atoms with Crippen LogP contribution in [0.15, 0.2) is 102 Å². The Morgan fingerprint density at radius 2 is 1.57 bits per heavy atom. The first-order valence-electron chi connectivity index (χ1n) is 15.6. The van der Waals surface area contributed by atoms with E-state index in [1.807, 2.05) is 78.9 Å². The summed E-state index contributed by atoms with van der Waals surface area (Å²) in [6.45, 7) is 0.335. The maximum absolute atomic E-state index is 12.4. The molecule has 3 atom stereocenters. The molecule has 1 saturated heterocycles. The zero-order valence-corrected chi connectivity index (χ0v) is 26.7. The van der Waals surface area contributed by atoms with E-state index >= 15 is 0 Å². The molecule has 5 rings (SSSR count). The number of rotatable bonds is 14. The van der Waals surface area contributed by atoms with Gasteiger partial charge in [-0.1, -0.05) is 84.6 Å². The largest absolute Gasteiger partial charge is 0.618 e. The van der Waals surface area contributed by atoms with Crippen molar-refractivity contribution in [3.8, 4) is 11.1 Å². The molecule has 0 aliphatic carbocycles. The summed E-state index contributed by atoms with van der Waals surface area (Å²) >= 11 is 1.45. The molecule has 2 amide bonds. The molecule has 0 unspecified atom stereocenters. The highest BCUT2D eigenvalue weighted by Crippen LogP contribution is 2.39. The van der Waals surface area contributed by atoms with Crippen LogP contribution in [0, 0.1) is 5.21 Å². The number of hydroxylamine groups is 1. The van der Waals surface area contributed by atoms with Gasteiger partial charge in [0.15, 0.2) is 12.5 Å². The molecule has 4 aromatic rings. The van der Waals surface area contributed by atoms with Gasteiger partial charge in [-0.3, -0.25) is 14.8 Å². The Labute approximate surface area is 278 Å². The summed E-state index contributed by atoms with van der Waals surface area (Å²) in [6, 6.07) is 29.0. The third-order valence-electron chi connectivity index (χ3n) is 7.99. The number of pyridine rings is 1. The van der Waals surface area contributed by atoms with Crippen molar-refractivity contribution in [2.45, 2.75) is 68.8 Å². The monoisotopic (exact) mass is 657 g/mol. The van der Waals surface area contributed by atoms with E-state index in [0.29, 0.717) is 43.0 Å². The van der Waals surface area contributed by atoms with Crippen LogP contribution in [0.25, 0.3) is 11.1 Å². The van der Waals surface area contributed by atoms with Gasteiger partial charge in [0, 0.05) is 49.3 Å². The van der Waals surface area contributed by atoms with Crippen LogP contribution in [0.1, 0.15) is 66.8 Å². The first kappa shape index (κ1) is 34.1. The first-order chi connectivity index (χ1) is 22.9. The number of nitrogens with one attached hydrogen (secondary N) is 2. The number of amides is 2. The average molecular weight is 658 g/mol. The minimum atomic E-state index is -0.626. The van der Waals surface area contributed by atoms with Crippen molar-refractivity contribution < 1.29 is 34.1 Å². The second kappa shape index (κ2) is 17.1. The number of nitrogens with zero attached hydrogens (tertiary/aromatic N) is 1. The van der Waals surface area contributed by atoms with Crippen LogP contribution in [0.4, 0.5) is 0 Å². The first-order valence-corrected chi connectivity index (χ1v) is 16.6. The summed E-state index contributed by atoms with van der Waals surface area (Å²) in [5, 5.41) is 33.9. The van der Waals surface area contributed by atoms with E-state index in [1.54, 1.807) is 17.6 Å². The third-order valence-corrected chi connectivity index (χ3v) is 9.14. The number of aliphatic hydroxyl groups excluding tert-OH is 1. The molecular weight excluding hydrogens is 618 g/mol. The van der Waals surface area contributed by atoms with Gasteiger partial charge in [0.2, 0.25) is 11.8 Å². The van der Waals surface area contributed by atoms with Gasteiger partial charge in [-0.15, -0.1) is 0 Å². The van der Waals surface area contributed by atoms with E-state index in [9.17, 15) is 19.9 Å². The minimum Gasteiger partial charge on any atom is -0.618 e. The highest BCUT2D eigenvalue weighted by molar-refractivity contribution is 7.99. The Balaban J connectivity index is 1.26. The predicted octanol–water partition coefficient (Wildman–Crippen LogP) is 5.50. The van der Waals surface area contributed by atoms with Gasteiger partial charge in [-0.25, -0.2) is 5.48 Å². The SMILES string of the molecule is O=C(CCCCC(=O)NCc1ccccc1-c1ccc([C@@H]2O[C@H](CSc3cccc[n+]3[O-])C[C@H](c3ccc(CO)cc3)O2)cc1)NO. The summed E-state index contributed by atoms with van der Waals surface area (Å²) in [4.78, 5) is 23.6. The standard InChI is InChI=1S/C36H39N3O7S/c40-23-25-12-14-27(15-13-25)32-21-30(24-47-35-11-5-6-20-39(35)44)45-36(46-32)28-18-16-26(17-19-28)31-8-2-1-7-29(31)22-37-33(41)9-3-4-10-34(42)38-43/h1-2,5-8,11-20,30,32,36,40,43H,3-4,9-10,21-24H2,(H,37,41)(H,38,42)/t30-,32+,36+/m0/s1. The number of aliphatic hydroxyl groups is 1. The van der Waals surface area contributed by atoms with E-state index < -0.39 is 12.2 Å². The molecule has 1 aliphatic rings. The van der Waals surface area contributed by atoms with Crippen LogP contribution < -0.4 is 15.5 Å². The fourth-order valence-corrected chi connectivity index (χ4v) is 6.34. The molecule has 2 heterocycles. The van der Waals surface area contributed by atoms with Gasteiger partial charge >= 0.3 is 0 Å². The van der Waals surface area contributed by atoms with Crippen molar-refractivity contribution >= 4 is 23.6 Å². The predicted molar refractivity (Wildman–Crippen MR) is 177 cm³/mol. The summed E-state index contributed by atoms with van der Waals surface area (Å²) in [6.07, 6.45) is 2.59. The van der Waals surface area contributed by atoms with Gasteiger partial charge in [0.05, 0.1) is 18.8 Å². The second-order valence-corrected chi connectivity index (χ2v) is 12.4. The number of carbonyl (C=O) groups excluding carboxylic acids is 2. The Kier molecular flexibility index (Phi) is 12.4. The van der Waals surface area contributed by atoms with Crippen LogP contribution in [0.3, 0.4) is 0 Å². The summed E-state index contributed by atoms with van der Waals surface area (Å²) in [5.41, 5.74) is 7.23. The third kappa shape index (κ3) is 9.63. The summed E-state index contributed by atoms with van der Waals surface area (Å²) < 4.78 is 13.8. The Bertz CT molecular complexity index is 1620. The maximum Gasteiger partial charge on any atom is 0.251 e. The van der Waals surface area contributed by atoms with Crippen molar-refractivity contribution in [1.82, 2.24) is 10.8 Å². The fraction of sp³-hybridized carbons (Fsp3) is 0.306. The van der Waals surface area contributed by atoms with Crippen molar-refractivity contribution in [3.63, 3.8) is 0 Å². The van der Waals surface area contributed by atoms with Gasteiger partial charge in [-0.2, -0.15) is 4.73 Å². The van der Waals surface area contributed by atoms with E-state index in [-0.39, 0.29) is 31.1 Å². The molecular formula is C36H39N3O7S. The Morgan fingerprint density at radius 3 is 2.30 bits per heavy atom. The minimum absolute atomic E-state index is 0.0294. The number of ether oxygens (including phenoxy) is 2. The lowest BCUT2D eigenvalue weighted by Gasteiger charge is -2.36. The molecule has 11 heteroatoms. The molecule has 0 bridgehead atoms. The van der Waals surface area contributed by atoms with E-state index in [1.165, 1.54) is 18.0 Å². The molecule has 1 aliphatic heterocycles. The van der Waals surface area contributed by atoms with Crippen LogP contribution in [0.2, 0.25) is 0 Å². The molecule has 0 spiro atoms. The molecule has 10 nitrogen and oxygen atoms in total. The Morgan fingerprint density at radius 1 is 0.872 bits per heavy atom. The lowest BCUT2D eigenvalue weighted by molar-refractivity contribution is -0.645. The van der Waals surface area contributed by atoms with Gasteiger partial charge in [-0.05, 0) is 46.7 Å². The number of aromatic nitrogens is 1. The maximum atomic E-state index is 12.4. The molecule has 1 aromatic heterocycles. The molecule has 1 fully saturated rings. The van der Waals surface area contributed by atoms with Gasteiger partial charge < -0.3 is 25.1 Å². The van der Waals surface area contributed by atoms with Crippen LogP contribution in [-0.2, 0) is 32.2 Å². The highest BCUT2D eigenvalue weighted by Gasteiger charge is 2.32. The zero-order valence-electron chi connectivity index (χ0n) is 25.9. The van der Waals surface area contributed by atoms with Crippen LogP contribution >= 0.6 is 11.8 Å². The second-order valence-electron chi connectivity index (χ2n) is 11.3. The smallest absolute Gasteiger partial charge is 0.251 e. The molecule has 0 saturated carbocycles. The Hall–Kier alpha value is -4.26. The fourth-order valence-electron chi connectivity index (χ4n) is 5.41. The molecule has 3 aromatic carbocycles. The van der Waals surface area contributed by atoms with Crippen LogP contribution in [0.5, 0.6) is 0 Å². The molecule has 246 valence electrons.